The highest BCUT2D eigenvalue weighted by atomic mass is 79.9. The Kier molecular flexibility index (Phi) is 5.26. The number of morpholine rings is 1. The largest absolute Gasteiger partial charge is 0.374 e. The van der Waals surface area contributed by atoms with Crippen LogP contribution in [0.1, 0.15) is 25.5 Å². The predicted molar refractivity (Wildman–Crippen MR) is 82.5 cm³/mol. The topological polar surface area (TPSA) is 38.5 Å². The Morgan fingerprint density at radius 2 is 2.26 bits per heavy atom. The number of nitrogens with zero attached hydrogens (tertiary/aromatic N) is 1. The monoisotopic (exact) mass is 346 g/mol. The van der Waals surface area contributed by atoms with Crippen LogP contribution in [0.5, 0.6) is 0 Å². The second kappa shape index (κ2) is 6.55. The van der Waals surface area contributed by atoms with Gasteiger partial charge in [-0.1, -0.05) is 33.6 Å². The fourth-order valence-electron chi connectivity index (χ4n) is 2.65. The van der Waals surface area contributed by atoms with Crippen molar-refractivity contribution in [2.45, 2.75) is 32.0 Å². The van der Waals surface area contributed by atoms with Crippen LogP contribution in [0.25, 0.3) is 0 Å². The van der Waals surface area contributed by atoms with Gasteiger partial charge in [-0.05, 0) is 31.5 Å². The maximum absolute atomic E-state index is 6.03. The van der Waals surface area contributed by atoms with Crippen molar-refractivity contribution < 1.29 is 4.74 Å². The molecular weight excluding hydrogens is 328 g/mol. The van der Waals surface area contributed by atoms with Crippen molar-refractivity contribution in [3.8, 4) is 0 Å². The van der Waals surface area contributed by atoms with Crippen molar-refractivity contribution in [3.05, 3.63) is 33.3 Å². The molecule has 0 radical (unpaired) electrons. The minimum Gasteiger partial charge on any atom is -0.374 e. The number of ether oxygens (including phenoxy) is 1. The lowest BCUT2D eigenvalue weighted by Crippen LogP contribution is -2.50. The molecule has 1 aromatic carbocycles. The highest BCUT2D eigenvalue weighted by Crippen LogP contribution is 2.36. The normalized spacial score (nSPS) is 24.9. The van der Waals surface area contributed by atoms with Gasteiger partial charge in [-0.2, -0.15) is 0 Å². The number of hydrogen-bond donors (Lipinski definition) is 1. The number of rotatable bonds is 3. The molecule has 2 N–H and O–H groups in total. The SMILES string of the molecule is CC(C)N1CCOC(CN)C1c1ccc(Cl)cc1Br. The van der Waals surface area contributed by atoms with E-state index in [0.29, 0.717) is 12.6 Å². The smallest absolute Gasteiger partial charge is 0.0894 e. The Morgan fingerprint density at radius 1 is 1.53 bits per heavy atom. The third kappa shape index (κ3) is 3.31. The lowest BCUT2D eigenvalue weighted by atomic mass is 9.96. The van der Waals surface area contributed by atoms with Crippen LogP contribution in [0, 0.1) is 0 Å². The zero-order valence-electron chi connectivity index (χ0n) is 11.3. The first-order valence-corrected chi connectivity index (χ1v) is 7.74. The van der Waals surface area contributed by atoms with E-state index in [2.05, 4.69) is 40.7 Å². The van der Waals surface area contributed by atoms with Gasteiger partial charge < -0.3 is 10.5 Å². The van der Waals surface area contributed by atoms with Gasteiger partial charge in [0.05, 0.1) is 18.8 Å². The van der Waals surface area contributed by atoms with Crippen LogP contribution in [0.2, 0.25) is 5.02 Å². The molecule has 1 aliphatic heterocycles. The van der Waals surface area contributed by atoms with Crippen LogP contribution >= 0.6 is 27.5 Å². The predicted octanol–water partition coefficient (Wildman–Crippen LogP) is 3.21. The molecule has 0 saturated carbocycles. The van der Waals surface area contributed by atoms with Gasteiger partial charge in [-0.25, -0.2) is 0 Å². The minimum absolute atomic E-state index is 0.0219. The zero-order valence-corrected chi connectivity index (χ0v) is 13.6. The Balaban J connectivity index is 2.39. The van der Waals surface area contributed by atoms with Crippen LogP contribution in [-0.2, 0) is 4.74 Å². The van der Waals surface area contributed by atoms with Crippen LogP contribution in [-0.4, -0.2) is 36.7 Å². The lowest BCUT2D eigenvalue weighted by Gasteiger charge is -2.43. The molecule has 0 bridgehead atoms. The molecule has 19 heavy (non-hydrogen) atoms. The number of halogens is 2. The maximum atomic E-state index is 6.03. The van der Waals surface area contributed by atoms with Gasteiger partial charge in [0.1, 0.15) is 0 Å². The fraction of sp³-hybridized carbons (Fsp3) is 0.571. The molecule has 1 saturated heterocycles. The molecule has 2 atom stereocenters. The summed E-state index contributed by atoms with van der Waals surface area (Å²) in [5.41, 5.74) is 7.07. The van der Waals surface area contributed by atoms with E-state index in [1.54, 1.807) is 0 Å². The third-order valence-electron chi connectivity index (χ3n) is 3.57. The first-order chi connectivity index (χ1) is 9.04. The van der Waals surface area contributed by atoms with Crippen LogP contribution < -0.4 is 5.73 Å². The van der Waals surface area contributed by atoms with Gasteiger partial charge in [0.25, 0.3) is 0 Å². The minimum atomic E-state index is 0.0219. The summed E-state index contributed by atoms with van der Waals surface area (Å²) in [6.45, 7) is 6.59. The molecule has 0 amide bonds. The van der Waals surface area contributed by atoms with Gasteiger partial charge in [0.15, 0.2) is 0 Å². The Labute approximate surface area is 128 Å². The van der Waals surface area contributed by atoms with E-state index >= 15 is 0 Å². The van der Waals surface area contributed by atoms with E-state index in [-0.39, 0.29) is 12.1 Å². The molecule has 2 unspecified atom stereocenters. The van der Waals surface area contributed by atoms with E-state index < -0.39 is 0 Å². The third-order valence-corrected chi connectivity index (χ3v) is 4.49. The average molecular weight is 348 g/mol. The van der Waals surface area contributed by atoms with Crippen molar-refractivity contribution in [1.29, 1.82) is 0 Å². The van der Waals surface area contributed by atoms with Crippen LogP contribution in [0.15, 0.2) is 22.7 Å². The van der Waals surface area contributed by atoms with E-state index in [4.69, 9.17) is 22.1 Å². The van der Waals surface area contributed by atoms with Crippen molar-refractivity contribution in [2.24, 2.45) is 5.73 Å². The quantitative estimate of drug-likeness (QED) is 0.912. The highest BCUT2D eigenvalue weighted by molar-refractivity contribution is 9.10. The van der Waals surface area contributed by atoms with Crippen molar-refractivity contribution in [2.75, 3.05) is 19.7 Å². The molecule has 106 valence electrons. The summed E-state index contributed by atoms with van der Waals surface area (Å²) < 4.78 is 6.85. The van der Waals surface area contributed by atoms with Crippen LogP contribution in [0.3, 0.4) is 0 Å². The van der Waals surface area contributed by atoms with E-state index in [9.17, 15) is 0 Å². The molecule has 1 aliphatic rings. The molecule has 1 heterocycles. The Bertz CT molecular complexity index is 441. The fourth-order valence-corrected chi connectivity index (χ4v) is 3.57. The first kappa shape index (κ1) is 15.3. The van der Waals surface area contributed by atoms with Gasteiger partial charge in [0, 0.05) is 28.6 Å². The Hall–Kier alpha value is -0.130. The Morgan fingerprint density at radius 3 is 2.84 bits per heavy atom. The summed E-state index contributed by atoms with van der Waals surface area (Å²) in [4.78, 5) is 2.44. The summed E-state index contributed by atoms with van der Waals surface area (Å²) >= 11 is 9.63. The van der Waals surface area contributed by atoms with Gasteiger partial charge in [-0.15, -0.1) is 0 Å². The average Bonchev–Trinajstić information content (AvgIpc) is 2.38. The van der Waals surface area contributed by atoms with Gasteiger partial charge in [0.2, 0.25) is 0 Å². The molecule has 0 spiro atoms. The summed E-state index contributed by atoms with van der Waals surface area (Å²) in [6, 6.07) is 6.53. The maximum Gasteiger partial charge on any atom is 0.0894 e. The molecule has 5 heteroatoms. The van der Waals surface area contributed by atoms with Crippen molar-refractivity contribution >= 4 is 27.5 Å². The summed E-state index contributed by atoms with van der Waals surface area (Å²) in [5, 5.41) is 0.729. The number of benzene rings is 1. The molecule has 1 aromatic rings. The lowest BCUT2D eigenvalue weighted by molar-refractivity contribution is -0.0791. The second-order valence-electron chi connectivity index (χ2n) is 5.09. The van der Waals surface area contributed by atoms with Crippen LogP contribution in [0.4, 0.5) is 0 Å². The molecular formula is C14H20BrClN2O. The molecule has 0 aliphatic carbocycles. The summed E-state index contributed by atoms with van der Waals surface area (Å²) in [5.74, 6) is 0. The second-order valence-corrected chi connectivity index (χ2v) is 6.38. The highest BCUT2D eigenvalue weighted by Gasteiger charge is 2.35. The standard InChI is InChI=1S/C14H20BrClN2O/c1-9(2)18-5-6-19-13(8-17)14(18)11-4-3-10(16)7-12(11)15/h3-4,7,9,13-14H,5-6,8,17H2,1-2H3. The van der Waals surface area contributed by atoms with Crippen molar-refractivity contribution in [1.82, 2.24) is 4.90 Å². The number of nitrogens with two attached hydrogens (primary N) is 1. The summed E-state index contributed by atoms with van der Waals surface area (Å²) in [6.07, 6.45) is 0.0219. The van der Waals surface area contributed by atoms with E-state index in [1.807, 2.05) is 12.1 Å². The van der Waals surface area contributed by atoms with Gasteiger partial charge >= 0.3 is 0 Å². The molecule has 1 fully saturated rings. The first-order valence-electron chi connectivity index (χ1n) is 6.57. The molecule has 0 aromatic heterocycles. The van der Waals surface area contributed by atoms with Crippen molar-refractivity contribution in [3.63, 3.8) is 0 Å². The number of hydrogen-bond acceptors (Lipinski definition) is 3. The molecule has 2 rings (SSSR count). The van der Waals surface area contributed by atoms with E-state index in [0.717, 1.165) is 22.6 Å². The molecule has 3 nitrogen and oxygen atoms in total. The van der Waals surface area contributed by atoms with Gasteiger partial charge in [-0.3, -0.25) is 4.90 Å². The summed E-state index contributed by atoms with van der Waals surface area (Å²) in [7, 11) is 0. The van der Waals surface area contributed by atoms with E-state index in [1.165, 1.54) is 5.56 Å². The zero-order chi connectivity index (χ0) is 14.0.